The summed E-state index contributed by atoms with van der Waals surface area (Å²) in [5.41, 5.74) is 2.83. The van der Waals surface area contributed by atoms with Gasteiger partial charge in [-0.15, -0.1) is 0 Å². The monoisotopic (exact) mass is 338 g/mol. The first-order valence-electron chi connectivity index (χ1n) is 7.68. The molecule has 2 aromatic rings. The molecule has 0 saturated carbocycles. The summed E-state index contributed by atoms with van der Waals surface area (Å²) < 4.78 is 1.58. The van der Waals surface area contributed by atoms with Crippen molar-refractivity contribution in [3.8, 4) is 11.1 Å². The van der Waals surface area contributed by atoms with Crippen molar-refractivity contribution >= 4 is 35.4 Å². The topological polar surface area (TPSA) is 57.7 Å². The third kappa shape index (κ3) is 2.39. The van der Waals surface area contributed by atoms with E-state index in [-0.39, 0.29) is 37.1 Å². The molecule has 0 unspecified atom stereocenters. The van der Waals surface area contributed by atoms with Crippen molar-refractivity contribution in [2.24, 2.45) is 0 Å². The molecule has 1 fully saturated rings. The second kappa shape index (κ2) is 5.79. The Balaban J connectivity index is 1.68. The normalized spacial score (nSPS) is 16.2. The van der Waals surface area contributed by atoms with Gasteiger partial charge >= 0.3 is 0 Å². The van der Waals surface area contributed by atoms with Gasteiger partial charge in [0.05, 0.1) is 5.69 Å². The van der Waals surface area contributed by atoms with Gasteiger partial charge in [-0.1, -0.05) is 36.4 Å². The number of carbonyl (C=O) groups is 3. The van der Waals surface area contributed by atoms with Crippen LogP contribution >= 0.6 is 11.9 Å². The first kappa shape index (κ1) is 15.0. The second-order valence-corrected chi connectivity index (χ2v) is 6.65. The van der Waals surface area contributed by atoms with Crippen LogP contribution in [0.4, 0.5) is 5.69 Å². The molecule has 0 spiro atoms. The van der Waals surface area contributed by atoms with Crippen LogP contribution in [0.3, 0.4) is 0 Å². The second-order valence-electron chi connectivity index (χ2n) is 5.67. The zero-order valence-corrected chi connectivity index (χ0v) is 13.6. The lowest BCUT2D eigenvalue weighted by molar-refractivity contribution is -0.141. The van der Waals surface area contributed by atoms with E-state index in [1.165, 1.54) is 11.9 Å². The van der Waals surface area contributed by atoms with Crippen LogP contribution in [0.25, 0.3) is 11.1 Å². The maximum Gasteiger partial charge on any atom is 0.257 e. The van der Waals surface area contributed by atoms with Gasteiger partial charge < -0.3 is 0 Å². The van der Waals surface area contributed by atoms with Gasteiger partial charge in [0.2, 0.25) is 11.8 Å². The van der Waals surface area contributed by atoms with Crippen molar-refractivity contribution < 1.29 is 14.4 Å². The molecule has 24 heavy (non-hydrogen) atoms. The van der Waals surface area contributed by atoms with Gasteiger partial charge in [-0.05, 0) is 29.6 Å². The van der Waals surface area contributed by atoms with E-state index < -0.39 is 0 Å². The lowest BCUT2D eigenvalue weighted by atomic mass is 10.0. The molecule has 0 N–H and O–H groups in total. The molecule has 120 valence electrons. The third-order valence-corrected chi connectivity index (χ3v) is 5.30. The Morgan fingerprint density at radius 1 is 0.917 bits per heavy atom. The van der Waals surface area contributed by atoms with Gasteiger partial charge in [0.1, 0.15) is 6.54 Å². The molecule has 0 aliphatic carbocycles. The lowest BCUT2D eigenvalue weighted by Crippen LogP contribution is -2.40. The van der Waals surface area contributed by atoms with E-state index in [4.69, 9.17) is 0 Å². The Morgan fingerprint density at radius 2 is 1.54 bits per heavy atom. The summed E-state index contributed by atoms with van der Waals surface area (Å²) in [5.74, 6) is -0.821. The quantitative estimate of drug-likeness (QED) is 0.624. The van der Waals surface area contributed by atoms with Crippen LogP contribution in [0, 0.1) is 0 Å². The van der Waals surface area contributed by atoms with Crippen LogP contribution in [0.15, 0.2) is 53.4 Å². The maximum absolute atomic E-state index is 12.8. The third-order valence-electron chi connectivity index (χ3n) is 4.16. The number of benzene rings is 2. The predicted molar refractivity (Wildman–Crippen MR) is 91.2 cm³/mol. The Kier molecular flexibility index (Phi) is 3.61. The molecule has 2 aliphatic rings. The van der Waals surface area contributed by atoms with Crippen molar-refractivity contribution in [2.75, 3.05) is 10.8 Å². The van der Waals surface area contributed by atoms with Crippen molar-refractivity contribution in [3.05, 3.63) is 48.5 Å². The molecule has 0 aromatic heterocycles. The zero-order valence-electron chi connectivity index (χ0n) is 12.8. The van der Waals surface area contributed by atoms with E-state index in [1.54, 1.807) is 4.31 Å². The molecule has 3 amide bonds. The van der Waals surface area contributed by atoms with Crippen molar-refractivity contribution in [3.63, 3.8) is 0 Å². The fourth-order valence-electron chi connectivity index (χ4n) is 2.98. The van der Waals surface area contributed by atoms with Crippen molar-refractivity contribution in [2.45, 2.75) is 17.7 Å². The van der Waals surface area contributed by atoms with Crippen molar-refractivity contribution in [1.29, 1.82) is 0 Å². The SMILES string of the molecule is O=C1CCC(=O)N1CC(=O)N1Sc2ccccc2-c2ccccc21. The smallest absolute Gasteiger partial charge is 0.257 e. The largest absolute Gasteiger partial charge is 0.274 e. The number of carbonyl (C=O) groups excluding carboxylic acids is 3. The molecule has 2 aromatic carbocycles. The van der Waals surface area contributed by atoms with E-state index in [0.717, 1.165) is 26.6 Å². The summed E-state index contributed by atoms with van der Waals surface area (Å²) in [6.45, 7) is -0.207. The fourth-order valence-corrected chi connectivity index (χ4v) is 4.01. The van der Waals surface area contributed by atoms with Crippen LogP contribution in [0.2, 0.25) is 0 Å². The highest BCUT2D eigenvalue weighted by molar-refractivity contribution is 8.01. The molecule has 0 radical (unpaired) electrons. The Morgan fingerprint density at radius 3 is 2.29 bits per heavy atom. The average Bonchev–Trinajstić information content (AvgIpc) is 2.93. The molecule has 4 rings (SSSR count). The first-order chi connectivity index (χ1) is 11.6. The number of hydrogen-bond donors (Lipinski definition) is 0. The van der Waals surface area contributed by atoms with E-state index in [1.807, 2.05) is 48.5 Å². The Labute approximate surface area is 143 Å². The van der Waals surface area contributed by atoms with Gasteiger partial charge in [0, 0.05) is 23.3 Å². The summed E-state index contributed by atoms with van der Waals surface area (Å²) in [6, 6.07) is 15.5. The fraction of sp³-hybridized carbons (Fsp3) is 0.167. The number of para-hydroxylation sites is 1. The van der Waals surface area contributed by atoms with Crippen LogP contribution in [-0.2, 0) is 14.4 Å². The van der Waals surface area contributed by atoms with Gasteiger partial charge in [-0.3, -0.25) is 19.3 Å². The number of imide groups is 1. The number of likely N-dealkylation sites (tertiary alicyclic amines) is 1. The van der Waals surface area contributed by atoms with E-state index >= 15 is 0 Å². The maximum atomic E-state index is 12.8. The van der Waals surface area contributed by atoms with Gasteiger partial charge in [0.15, 0.2) is 0 Å². The standard InChI is InChI=1S/C18H14N2O3S/c21-16-9-10-17(22)19(16)11-18(23)20-14-7-3-1-5-12(14)13-6-2-4-8-15(13)24-20/h1-8H,9-11H2. The minimum absolute atomic E-state index is 0.193. The summed E-state index contributed by atoms with van der Waals surface area (Å²) in [4.78, 5) is 38.4. The average molecular weight is 338 g/mol. The van der Waals surface area contributed by atoms with Crippen LogP contribution in [-0.4, -0.2) is 29.2 Å². The highest BCUT2D eigenvalue weighted by atomic mass is 32.2. The van der Waals surface area contributed by atoms with Crippen LogP contribution in [0.5, 0.6) is 0 Å². The minimum atomic E-state index is -0.274. The molecule has 1 saturated heterocycles. The molecule has 2 heterocycles. The number of nitrogens with zero attached hydrogens (tertiary/aromatic N) is 2. The van der Waals surface area contributed by atoms with Crippen LogP contribution < -0.4 is 4.31 Å². The molecule has 0 atom stereocenters. The number of amides is 3. The number of hydrogen-bond acceptors (Lipinski definition) is 4. The molecule has 2 aliphatic heterocycles. The van der Waals surface area contributed by atoms with E-state index in [0.29, 0.717) is 0 Å². The first-order valence-corrected chi connectivity index (χ1v) is 8.45. The van der Waals surface area contributed by atoms with Gasteiger partial charge in [-0.25, -0.2) is 4.31 Å². The predicted octanol–water partition coefficient (Wildman–Crippen LogP) is 2.86. The highest BCUT2D eigenvalue weighted by Gasteiger charge is 2.34. The number of rotatable bonds is 2. The summed E-state index contributed by atoms with van der Waals surface area (Å²) in [5, 5.41) is 0. The molecule has 6 heteroatoms. The van der Waals surface area contributed by atoms with Gasteiger partial charge in [-0.2, -0.15) is 0 Å². The van der Waals surface area contributed by atoms with E-state index in [2.05, 4.69) is 0 Å². The minimum Gasteiger partial charge on any atom is -0.274 e. The molecular weight excluding hydrogens is 324 g/mol. The number of fused-ring (bicyclic) bond motifs is 3. The Hall–Kier alpha value is -2.60. The summed E-state index contributed by atoms with van der Waals surface area (Å²) in [6.07, 6.45) is 0.386. The molecule has 0 bridgehead atoms. The number of anilines is 1. The van der Waals surface area contributed by atoms with Crippen molar-refractivity contribution in [1.82, 2.24) is 4.90 Å². The highest BCUT2D eigenvalue weighted by Crippen LogP contribution is 2.46. The summed E-state index contributed by atoms with van der Waals surface area (Å²) >= 11 is 1.33. The Bertz CT molecular complexity index is 849. The molecule has 5 nitrogen and oxygen atoms in total. The summed E-state index contributed by atoms with van der Waals surface area (Å²) in [7, 11) is 0. The molecular formula is C18H14N2O3S. The van der Waals surface area contributed by atoms with E-state index in [9.17, 15) is 14.4 Å². The van der Waals surface area contributed by atoms with Gasteiger partial charge in [0.25, 0.3) is 5.91 Å². The van der Waals surface area contributed by atoms with Crippen LogP contribution in [0.1, 0.15) is 12.8 Å². The zero-order chi connectivity index (χ0) is 16.7. The lowest BCUT2D eigenvalue weighted by Gasteiger charge is -2.30.